The lowest BCUT2D eigenvalue weighted by Gasteiger charge is -2.12. The lowest BCUT2D eigenvalue weighted by molar-refractivity contribution is 0.0951. The molecule has 156 valence electrons. The molecule has 3 rings (SSSR count). The van der Waals surface area contributed by atoms with Gasteiger partial charge < -0.3 is 5.32 Å². The van der Waals surface area contributed by atoms with E-state index in [-0.39, 0.29) is 10.8 Å². The first-order valence-corrected chi connectivity index (χ1v) is 11.4. The molecule has 0 aromatic heterocycles. The molecule has 3 aromatic carbocycles. The Hall–Kier alpha value is -3.12. The van der Waals surface area contributed by atoms with Gasteiger partial charge in [0.2, 0.25) is 0 Å². The Morgan fingerprint density at radius 2 is 1.63 bits per heavy atom. The molecular weight excluding hydrogens is 396 g/mol. The summed E-state index contributed by atoms with van der Waals surface area (Å²) in [6, 6.07) is 23.0. The van der Waals surface area contributed by atoms with E-state index in [9.17, 15) is 13.2 Å². The largest absolute Gasteiger partial charge is 0.348 e. The lowest BCUT2D eigenvalue weighted by Crippen LogP contribution is -2.23. The summed E-state index contributed by atoms with van der Waals surface area (Å²) >= 11 is 0. The number of amides is 1. The Morgan fingerprint density at radius 1 is 0.933 bits per heavy atom. The molecule has 1 unspecified atom stereocenters. The van der Waals surface area contributed by atoms with Crippen LogP contribution in [0, 0.1) is 0 Å². The summed E-state index contributed by atoms with van der Waals surface area (Å²) in [6.45, 7) is 4.61. The standard InChI is InChI=1S/C24H26N2O3S/c1-3-18(2)20-12-14-23(15-13-20)30(28,29)26-22-11-7-10-21(16-22)24(27)25-17-19-8-5-4-6-9-19/h4-16,18,26H,3,17H2,1-2H3,(H,25,27). The number of sulfonamides is 1. The van der Waals surface area contributed by atoms with Crippen molar-refractivity contribution in [2.24, 2.45) is 0 Å². The minimum Gasteiger partial charge on any atom is -0.348 e. The molecule has 0 aliphatic carbocycles. The zero-order chi connectivity index (χ0) is 21.6. The number of hydrogen-bond acceptors (Lipinski definition) is 3. The fourth-order valence-electron chi connectivity index (χ4n) is 3.03. The quantitative estimate of drug-likeness (QED) is 0.540. The SMILES string of the molecule is CCC(C)c1ccc(S(=O)(=O)Nc2cccc(C(=O)NCc3ccccc3)c2)cc1. The Kier molecular flexibility index (Phi) is 6.90. The molecule has 0 aliphatic heterocycles. The van der Waals surface area contributed by atoms with Gasteiger partial charge in [0.25, 0.3) is 15.9 Å². The molecule has 3 aromatic rings. The smallest absolute Gasteiger partial charge is 0.261 e. The summed E-state index contributed by atoms with van der Waals surface area (Å²) in [7, 11) is -3.74. The number of rotatable bonds is 8. The minimum absolute atomic E-state index is 0.188. The molecule has 0 bridgehead atoms. The third-order valence-electron chi connectivity index (χ3n) is 5.04. The van der Waals surface area contributed by atoms with Crippen LogP contribution in [0.2, 0.25) is 0 Å². The van der Waals surface area contributed by atoms with E-state index in [1.807, 2.05) is 42.5 Å². The second kappa shape index (κ2) is 9.59. The first-order valence-electron chi connectivity index (χ1n) is 9.94. The average molecular weight is 423 g/mol. The van der Waals surface area contributed by atoms with E-state index >= 15 is 0 Å². The molecule has 5 nitrogen and oxygen atoms in total. The zero-order valence-electron chi connectivity index (χ0n) is 17.1. The van der Waals surface area contributed by atoms with Gasteiger partial charge in [-0.3, -0.25) is 9.52 Å². The van der Waals surface area contributed by atoms with Crippen LogP contribution in [-0.4, -0.2) is 14.3 Å². The van der Waals surface area contributed by atoms with Gasteiger partial charge in [-0.25, -0.2) is 8.42 Å². The molecule has 6 heteroatoms. The summed E-state index contributed by atoms with van der Waals surface area (Å²) < 4.78 is 28.0. The normalized spacial score (nSPS) is 12.2. The van der Waals surface area contributed by atoms with Crippen molar-refractivity contribution < 1.29 is 13.2 Å². The van der Waals surface area contributed by atoms with Crippen molar-refractivity contribution in [2.75, 3.05) is 4.72 Å². The van der Waals surface area contributed by atoms with Gasteiger partial charge in [0.15, 0.2) is 0 Å². The van der Waals surface area contributed by atoms with Gasteiger partial charge in [0.05, 0.1) is 4.90 Å². The van der Waals surface area contributed by atoms with E-state index in [1.165, 1.54) is 6.07 Å². The van der Waals surface area contributed by atoms with Gasteiger partial charge in [-0.15, -0.1) is 0 Å². The Bertz CT molecular complexity index is 1090. The predicted octanol–water partition coefficient (Wildman–Crippen LogP) is 4.93. The van der Waals surface area contributed by atoms with Crippen LogP contribution in [-0.2, 0) is 16.6 Å². The van der Waals surface area contributed by atoms with Crippen molar-refractivity contribution in [1.82, 2.24) is 5.32 Å². The molecule has 0 saturated carbocycles. The lowest BCUT2D eigenvalue weighted by atomic mass is 9.99. The Balaban J connectivity index is 1.70. The third kappa shape index (κ3) is 5.48. The van der Waals surface area contributed by atoms with Crippen molar-refractivity contribution in [1.29, 1.82) is 0 Å². The summed E-state index contributed by atoms with van der Waals surface area (Å²) in [6.07, 6.45) is 0.990. The predicted molar refractivity (Wildman–Crippen MR) is 120 cm³/mol. The Morgan fingerprint density at radius 3 is 2.30 bits per heavy atom. The number of carbonyl (C=O) groups excluding carboxylic acids is 1. The van der Waals surface area contributed by atoms with Gasteiger partial charge in [-0.2, -0.15) is 0 Å². The monoisotopic (exact) mass is 422 g/mol. The van der Waals surface area contributed by atoms with Gasteiger partial charge >= 0.3 is 0 Å². The minimum atomic E-state index is -3.74. The molecule has 30 heavy (non-hydrogen) atoms. The van der Waals surface area contributed by atoms with E-state index in [4.69, 9.17) is 0 Å². The highest BCUT2D eigenvalue weighted by molar-refractivity contribution is 7.92. The number of carbonyl (C=O) groups is 1. The van der Waals surface area contributed by atoms with Crippen LogP contribution in [0.3, 0.4) is 0 Å². The van der Waals surface area contributed by atoms with Gasteiger partial charge in [0, 0.05) is 17.8 Å². The first-order chi connectivity index (χ1) is 14.4. The summed E-state index contributed by atoms with van der Waals surface area (Å²) in [5.74, 6) is 0.110. The Labute approximate surface area is 178 Å². The number of benzene rings is 3. The molecule has 0 aliphatic rings. The van der Waals surface area contributed by atoms with Crippen molar-refractivity contribution in [3.05, 3.63) is 95.6 Å². The van der Waals surface area contributed by atoms with E-state index < -0.39 is 10.0 Å². The van der Waals surface area contributed by atoms with Gasteiger partial charge in [-0.1, -0.05) is 62.4 Å². The maximum absolute atomic E-state index is 12.7. The highest BCUT2D eigenvalue weighted by Gasteiger charge is 2.16. The van der Waals surface area contributed by atoms with Gasteiger partial charge in [-0.05, 0) is 53.8 Å². The van der Waals surface area contributed by atoms with Crippen molar-refractivity contribution in [3.8, 4) is 0 Å². The highest BCUT2D eigenvalue weighted by Crippen LogP contribution is 2.22. The molecular formula is C24H26N2O3S. The van der Waals surface area contributed by atoms with Crippen molar-refractivity contribution in [2.45, 2.75) is 37.6 Å². The van der Waals surface area contributed by atoms with Crippen molar-refractivity contribution >= 4 is 21.6 Å². The molecule has 0 saturated heterocycles. The second-order valence-electron chi connectivity index (χ2n) is 7.23. The van der Waals surface area contributed by atoms with E-state index in [0.717, 1.165) is 17.5 Å². The number of hydrogen-bond donors (Lipinski definition) is 2. The van der Waals surface area contributed by atoms with E-state index in [0.29, 0.717) is 23.7 Å². The van der Waals surface area contributed by atoms with Crippen LogP contribution in [0.4, 0.5) is 5.69 Å². The van der Waals surface area contributed by atoms with Crippen LogP contribution in [0.5, 0.6) is 0 Å². The van der Waals surface area contributed by atoms with Crippen LogP contribution in [0.1, 0.15) is 47.7 Å². The van der Waals surface area contributed by atoms with E-state index in [1.54, 1.807) is 30.3 Å². The first kappa shape index (κ1) is 21.6. The van der Waals surface area contributed by atoms with Crippen LogP contribution < -0.4 is 10.0 Å². The van der Waals surface area contributed by atoms with Gasteiger partial charge in [0.1, 0.15) is 0 Å². The fourth-order valence-corrected chi connectivity index (χ4v) is 4.08. The van der Waals surface area contributed by atoms with Crippen molar-refractivity contribution in [3.63, 3.8) is 0 Å². The summed E-state index contributed by atoms with van der Waals surface area (Å²) in [5, 5.41) is 2.84. The fraction of sp³-hybridized carbons (Fsp3) is 0.208. The maximum Gasteiger partial charge on any atom is 0.261 e. The highest BCUT2D eigenvalue weighted by atomic mass is 32.2. The summed E-state index contributed by atoms with van der Waals surface area (Å²) in [5.41, 5.74) is 2.82. The molecule has 0 fully saturated rings. The molecule has 0 radical (unpaired) electrons. The summed E-state index contributed by atoms with van der Waals surface area (Å²) in [4.78, 5) is 12.6. The molecule has 0 heterocycles. The van der Waals surface area contributed by atoms with Crippen LogP contribution >= 0.6 is 0 Å². The number of anilines is 1. The molecule has 2 N–H and O–H groups in total. The zero-order valence-corrected chi connectivity index (χ0v) is 17.9. The third-order valence-corrected chi connectivity index (χ3v) is 6.44. The molecule has 1 atom stereocenters. The van der Waals surface area contributed by atoms with E-state index in [2.05, 4.69) is 23.9 Å². The second-order valence-corrected chi connectivity index (χ2v) is 8.92. The average Bonchev–Trinajstić information content (AvgIpc) is 2.77. The molecule has 0 spiro atoms. The van der Waals surface area contributed by atoms with Crippen LogP contribution in [0.15, 0.2) is 83.8 Å². The topological polar surface area (TPSA) is 75.3 Å². The van der Waals surface area contributed by atoms with Crippen LogP contribution in [0.25, 0.3) is 0 Å². The molecule has 1 amide bonds. The maximum atomic E-state index is 12.7. The number of nitrogens with one attached hydrogen (secondary N) is 2.